The van der Waals surface area contributed by atoms with E-state index in [9.17, 15) is 13.6 Å². The fourth-order valence-corrected chi connectivity index (χ4v) is 3.19. The van der Waals surface area contributed by atoms with Crippen molar-refractivity contribution in [2.24, 2.45) is 5.92 Å². The molecule has 0 radical (unpaired) electrons. The molecule has 2 heterocycles. The Kier molecular flexibility index (Phi) is 4.25. The van der Waals surface area contributed by atoms with Crippen LogP contribution in [0.15, 0.2) is 28.9 Å². The Bertz CT molecular complexity index is 768. The van der Waals surface area contributed by atoms with Gasteiger partial charge in [-0.15, -0.1) is 0 Å². The van der Waals surface area contributed by atoms with Crippen LogP contribution >= 0.6 is 0 Å². The summed E-state index contributed by atoms with van der Waals surface area (Å²) < 4.78 is 38.4. The predicted molar refractivity (Wildman–Crippen MR) is 84.8 cm³/mol. The lowest BCUT2D eigenvalue weighted by Gasteiger charge is -2.35. The number of halogens is 2. The van der Waals surface area contributed by atoms with Gasteiger partial charge < -0.3 is 14.1 Å². The minimum absolute atomic E-state index is 0.0131. The highest BCUT2D eigenvalue weighted by Crippen LogP contribution is 2.35. The Hall–Kier alpha value is -2.28. The highest BCUT2D eigenvalue weighted by Gasteiger charge is 2.34. The maximum absolute atomic E-state index is 13.9. The molecular formula is C18H18F2N2O3. The number of ether oxygens (including phenoxy) is 1. The van der Waals surface area contributed by atoms with Gasteiger partial charge in [0.05, 0.1) is 19.3 Å². The molecule has 1 amide bonds. The molecule has 2 aliphatic rings. The summed E-state index contributed by atoms with van der Waals surface area (Å²) in [6.07, 6.45) is 4.46. The zero-order valence-corrected chi connectivity index (χ0v) is 13.6. The quantitative estimate of drug-likeness (QED) is 0.851. The van der Waals surface area contributed by atoms with E-state index in [1.807, 2.05) is 0 Å². The first-order valence-electron chi connectivity index (χ1n) is 8.42. The molecule has 1 unspecified atom stereocenters. The van der Waals surface area contributed by atoms with E-state index in [1.165, 1.54) is 18.9 Å². The number of benzene rings is 1. The molecule has 1 atom stereocenters. The van der Waals surface area contributed by atoms with Crippen molar-refractivity contribution in [1.29, 1.82) is 0 Å². The first-order chi connectivity index (χ1) is 12.1. The van der Waals surface area contributed by atoms with Crippen LogP contribution in [0.5, 0.6) is 0 Å². The summed E-state index contributed by atoms with van der Waals surface area (Å²) >= 11 is 0. The van der Waals surface area contributed by atoms with Gasteiger partial charge in [0.2, 0.25) is 5.89 Å². The van der Waals surface area contributed by atoms with Crippen molar-refractivity contribution in [3.05, 3.63) is 41.8 Å². The molecule has 132 valence electrons. The van der Waals surface area contributed by atoms with Gasteiger partial charge in [-0.25, -0.2) is 13.8 Å². The third kappa shape index (κ3) is 3.28. The van der Waals surface area contributed by atoms with Crippen LogP contribution in [0.3, 0.4) is 0 Å². The van der Waals surface area contributed by atoms with Crippen molar-refractivity contribution >= 4 is 5.91 Å². The van der Waals surface area contributed by atoms with Gasteiger partial charge in [0, 0.05) is 6.54 Å². The Morgan fingerprint density at radius 3 is 2.76 bits per heavy atom. The molecule has 1 aliphatic carbocycles. The topological polar surface area (TPSA) is 55.6 Å². The van der Waals surface area contributed by atoms with Gasteiger partial charge in [-0.05, 0) is 24.5 Å². The van der Waals surface area contributed by atoms with E-state index in [0.717, 1.165) is 24.8 Å². The number of aromatic nitrogens is 1. The predicted octanol–water partition coefficient (Wildman–Crippen LogP) is 3.26. The lowest BCUT2D eigenvalue weighted by molar-refractivity contribution is -0.00599. The van der Waals surface area contributed by atoms with Crippen molar-refractivity contribution in [2.75, 3.05) is 19.8 Å². The van der Waals surface area contributed by atoms with Crippen molar-refractivity contribution < 1.29 is 22.7 Å². The summed E-state index contributed by atoms with van der Waals surface area (Å²) in [7, 11) is 0. The SMILES string of the molecule is O=C(c1coc(-c2c(F)cccc2F)n1)N1CCOCC1CC1CC1. The maximum atomic E-state index is 13.9. The number of hydrogen-bond acceptors (Lipinski definition) is 4. The van der Waals surface area contributed by atoms with E-state index in [2.05, 4.69) is 4.98 Å². The highest BCUT2D eigenvalue weighted by molar-refractivity contribution is 5.92. The van der Waals surface area contributed by atoms with Gasteiger partial charge >= 0.3 is 0 Å². The molecule has 1 aliphatic heterocycles. The van der Waals surface area contributed by atoms with E-state index in [1.54, 1.807) is 4.90 Å². The van der Waals surface area contributed by atoms with Crippen LogP contribution in [0.25, 0.3) is 11.5 Å². The van der Waals surface area contributed by atoms with E-state index in [0.29, 0.717) is 25.7 Å². The zero-order valence-electron chi connectivity index (χ0n) is 13.6. The number of hydrogen-bond donors (Lipinski definition) is 0. The number of amides is 1. The molecule has 0 spiro atoms. The largest absolute Gasteiger partial charge is 0.443 e. The summed E-state index contributed by atoms with van der Waals surface area (Å²) in [5, 5.41) is 0. The first-order valence-corrected chi connectivity index (χ1v) is 8.42. The minimum Gasteiger partial charge on any atom is -0.443 e. The molecule has 7 heteroatoms. The van der Waals surface area contributed by atoms with E-state index in [-0.39, 0.29) is 29.1 Å². The number of nitrogens with zero attached hydrogens (tertiary/aromatic N) is 2. The number of oxazole rings is 1. The van der Waals surface area contributed by atoms with Crippen LogP contribution in [0.1, 0.15) is 29.8 Å². The van der Waals surface area contributed by atoms with Crippen molar-refractivity contribution in [3.63, 3.8) is 0 Å². The molecule has 2 aromatic rings. The molecule has 1 saturated heterocycles. The summed E-state index contributed by atoms with van der Waals surface area (Å²) in [6, 6.07) is 3.52. The van der Waals surface area contributed by atoms with Crippen LogP contribution in [0, 0.1) is 17.6 Å². The average molecular weight is 348 g/mol. The van der Waals surface area contributed by atoms with Gasteiger partial charge in [-0.2, -0.15) is 0 Å². The second-order valence-electron chi connectivity index (χ2n) is 6.54. The molecule has 5 nitrogen and oxygen atoms in total. The zero-order chi connectivity index (χ0) is 17.4. The van der Waals surface area contributed by atoms with Crippen LogP contribution in [-0.4, -0.2) is 41.6 Å². The molecular weight excluding hydrogens is 330 g/mol. The molecule has 0 N–H and O–H groups in total. The number of carbonyl (C=O) groups is 1. The maximum Gasteiger partial charge on any atom is 0.276 e. The Morgan fingerprint density at radius 1 is 1.28 bits per heavy atom. The lowest BCUT2D eigenvalue weighted by Crippen LogP contribution is -2.49. The Balaban J connectivity index is 1.57. The molecule has 1 aromatic carbocycles. The van der Waals surface area contributed by atoms with Crippen molar-refractivity contribution in [3.8, 4) is 11.5 Å². The van der Waals surface area contributed by atoms with Crippen LogP contribution in [-0.2, 0) is 4.74 Å². The summed E-state index contributed by atoms with van der Waals surface area (Å²) in [5.74, 6) is -1.42. The second-order valence-corrected chi connectivity index (χ2v) is 6.54. The standard InChI is InChI=1S/C18H18F2N2O3/c19-13-2-1-3-14(20)16(13)17-21-15(10-25-17)18(23)22-6-7-24-9-12(22)8-11-4-5-11/h1-3,10-12H,4-9H2. The van der Waals surface area contributed by atoms with Gasteiger partial charge in [0.1, 0.15) is 23.5 Å². The number of morpholine rings is 1. The molecule has 25 heavy (non-hydrogen) atoms. The van der Waals surface area contributed by atoms with Gasteiger partial charge in [-0.1, -0.05) is 18.9 Å². The molecule has 2 fully saturated rings. The van der Waals surface area contributed by atoms with Crippen LogP contribution in [0.4, 0.5) is 8.78 Å². The highest BCUT2D eigenvalue weighted by atomic mass is 19.1. The molecule has 4 rings (SSSR count). The van der Waals surface area contributed by atoms with Gasteiger partial charge in [0.15, 0.2) is 5.69 Å². The Labute approximate surface area is 143 Å². The monoisotopic (exact) mass is 348 g/mol. The van der Waals surface area contributed by atoms with Crippen molar-refractivity contribution in [2.45, 2.75) is 25.3 Å². The lowest BCUT2D eigenvalue weighted by atomic mass is 10.1. The first kappa shape index (κ1) is 16.2. The molecule has 1 aromatic heterocycles. The Morgan fingerprint density at radius 2 is 2.04 bits per heavy atom. The van der Waals surface area contributed by atoms with E-state index in [4.69, 9.17) is 9.15 Å². The third-order valence-corrected chi connectivity index (χ3v) is 4.69. The smallest absolute Gasteiger partial charge is 0.276 e. The fourth-order valence-electron chi connectivity index (χ4n) is 3.19. The normalized spacial score (nSPS) is 20.7. The van der Waals surface area contributed by atoms with Crippen LogP contribution < -0.4 is 0 Å². The summed E-state index contributed by atoms with van der Waals surface area (Å²) in [5.41, 5.74) is -0.307. The second kappa shape index (κ2) is 6.55. The van der Waals surface area contributed by atoms with Gasteiger partial charge in [0.25, 0.3) is 5.91 Å². The van der Waals surface area contributed by atoms with Crippen molar-refractivity contribution in [1.82, 2.24) is 9.88 Å². The summed E-state index contributed by atoms with van der Waals surface area (Å²) in [6.45, 7) is 1.46. The number of rotatable bonds is 4. The molecule has 0 bridgehead atoms. The molecule has 1 saturated carbocycles. The number of carbonyl (C=O) groups excluding carboxylic acids is 1. The van der Waals surface area contributed by atoms with Crippen LogP contribution in [0.2, 0.25) is 0 Å². The fraction of sp³-hybridized carbons (Fsp3) is 0.444. The average Bonchev–Trinajstić information content (AvgIpc) is 3.29. The van der Waals surface area contributed by atoms with E-state index < -0.39 is 11.6 Å². The summed E-state index contributed by atoms with van der Waals surface area (Å²) in [4.78, 5) is 18.6. The minimum atomic E-state index is -0.779. The third-order valence-electron chi connectivity index (χ3n) is 4.69. The van der Waals surface area contributed by atoms with E-state index >= 15 is 0 Å². The van der Waals surface area contributed by atoms with Gasteiger partial charge in [-0.3, -0.25) is 4.79 Å².